The molecule has 1 heterocycles. The molecule has 0 amide bonds. The Morgan fingerprint density at radius 2 is 2.11 bits per heavy atom. The van der Waals surface area contributed by atoms with Crippen molar-refractivity contribution < 1.29 is 14.6 Å². The number of aliphatic hydroxyl groups excluding tert-OH is 1. The number of methoxy groups -OCH3 is 2. The van der Waals surface area contributed by atoms with Gasteiger partial charge in [0.25, 0.3) is 0 Å². The van der Waals surface area contributed by atoms with Gasteiger partial charge in [-0.15, -0.1) is 0 Å². The molecule has 102 valence electrons. The van der Waals surface area contributed by atoms with Crippen LogP contribution in [0.2, 0.25) is 0 Å². The summed E-state index contributed by atoms with van der Waals surface area (Å²) in [5, 5.41) is 13.6. The highest BCUT2D eigenvalue weighted by molar-refractivity contribution is 5.95. The van der Waals surface area contributed by atoms with Crippen molar-refractivity contribution in [2.45, 2.75) is 12.8 Å². The Labute approximate surface area is 112 Å². The lowest BCUT2D eigenvalue weighted by atomic mass is 10.0. The van der Waals surface area contributed by atoms with Crippen molar-refractivity contribution in [2.24, 2.45) is 5.10 Å². The van der Waals surface area contributed by atoms with Crippen molar-refractivity contribution in [2.75, 3.05) is 20.8 Å². The number of hydrogen-bond acceptors (Lipinski definition) is 5. The molecule has 0 atom stereocenters. The molecule has 0 aromatic heterocycles. The van der Waals surface area contributed by atoms with Crippen LogP contribution in [0.15, 0.2) is 35.1 Å². The number of hydrazone groups is 1. The number of nitrogens with zero attached hydrogens (tertiary/aromatic N) is 1. The number of allylic oxidation sites excluding steroid dienone is 1. The largest absolute Gasteiger partial charge is 0.510 e. The average Bonchev–Trinajstić information content (AvgIpc) is 2.44. The molecule has 0 bridgehead atoms. The van der Waals surface area contributed by atoms with Crippen LogP contribution in [0.1, 0.15) is 12.0 Å². The number of aryl methyl sites for hydroxylation is 1. The number of aliphatic hydroxyl groups is 1. The van der Waals surface area contributed by atoms with Crippen molar-refractivity contribution in [1.29, 1.82) is 0 Å². The topological polar surface area (TPSA) is 63.1 Å². The summed E-state index contributed by atoms with van der Waals surface area (Å²) in [6.45, 7) is 0.395. The molecule has 1 aromatic carbocycles. The van der Waals surface area contributed by atoms with Gasteiger partial charge in [0.1, 0.15) is 5.76 Å². The standard InChI is InChI=1S/C14H18N2O3/c1-18-13-5-3-4-10(14(13)19-2)6-7-11-8-12(17)9-15-16-11/h3-5,8,15,17H,6-7,9H2,1-2H3. The third-order valence-corrected chi connectivity index (χ3v) is 2.95. The Kier molecular flexibility index (Phi) is 4.28. The Bertz CT molecular complexity index is 509. The van der Waals surface area contributed by atoms with E-state index in [1.165, 1.54) is 0 Å². The third-order valence-electron chi connectivity index (χ3n) is 2.95. The molecule has 5 heteroatoms. The maximum Gasteiger partial charge on any atom is 0.163 e. The molecule has 0 saturated carbocycles. The molecule has 0 spiro atoms. The monoisotopic (exact) mass is 262 g/mol. The van der Waals surface area contributed by atoms with E-state index in [1.807, 2.05) is 18.2 Å². The van der Waals surface area contributed by atoms with E-state index in [9.17, 15) is 5.11 Å². The van der Waals surface area contributed by atoms with Gasteiger partial charge in [0.2, 0.25) is 0 Å². The zero-order valence-corrected chi connectivity index (χ0v) is 11.1. The fourth-order valence-electron chi connectivity index (χ4n) is 2.04. The van der Waals surface area contributed by atoms with Gasteiger partial charge in [-0.25, -0.2) is 0 Å². The lowest BCUT2D eigenvalue weighted by Crippen LogP contribution is -2.19. The Morgan fingerprint density at radius 1 is 1.26 bits per heavy atom. The molecule has 0 aliphatic carbocycles. The van der Waals surface area contributed by atoms with Crippen LogP contribution < -0.4 is 14.9 Å². The average molecular weight is 262 g/mol. The molecule has 0 fully saturated rings. The van der Waals surface area contributed by atoms with Gasteiger partial charge in [-0.1, -0.05) is 12.1 Å². The predicted octanol–water partition coefficient (Wildman–Crippen LogP) is 2.04. The van der Waals surface area contributed by atoms with Crippen molar-refractivity contribution in [1.82, 2.24) is 5.43 Å². The molecule has 1 aliphatic heterocycles. The fraction of sp³-hybridized carbons (Fsp3) is 0.357. The Hall–Kier alpha value is -2.17. The molecular formula is C14H18N2O3. The van der Waals surface area contributed by atoms with Crippen LogP contribution in [0.4, 0.5) is 0 Å². The van der Waals surface area contributed by atoms with Crippen molar-refractivity contribution in [3.63, 3.8) is 0 Å². The van der Waals surface area contributed by atoms with Gasteiger partial charge in [0, 0.05) is 6.08 Å². The molecule has 0 radical (unpaired) electrons. The highest BCUT2D eigenvalue weighted by atomic mass is 16.5. The molecule has 2 N–H and O–H groups in total. The summed E-state index contributed by atoms with van der Waals surface area (Å²) in [5.74, 6) is 1.78. The van der Waals surface area contributed by atoms with Crippen molar-refractivity contribution in [3.8, 4) is 11.5 Å². The first-order valence-corrected chi connectivity index (χ1v) is 6.13. The highest BCUT2D eigenvalue weighted by Crippen LogP contribution is 2.31. The van der Waals surface area contributed by atoms with E-state index in [4.69, 9.17) is 9.47 Å². The van der Waals surface area contributed by atoms with E-state index in [2.05, 4.69) is 10.5 Å². The second-order valence-electron chi connectivity index (χ2n) is 4.23. The van der Waals surface area contributed by atoms with Crippen LogP contribution in [-0.2, 0) is 6.42 Å². The zero-order chi connectivity index (χ0) is 13.7. The SMILES string of the molecule is COc1cccc(CCC2=NNCC(O)=C2)c1OC. The minimum Gasteiger partial charge on any atom is -0.510 e. The van der Waals surface area contributed by atoms with Gasteiger partial charge in [-0.3, -0.25) is 0 Å². The number of rotatable bonds is 5. The van der Waals surface area contributed by atoms with Crippen LogP contribution in [0, 0.1) is 0 Å². The summed E-state index contributed by atoms with van der Waals surface area (Å²) in [7, 11) is 3.25. The lowest BCUT2D eigenvalue weighted by Gasteiger charge is -2.13. The number of benzene rings is 1. The van der Waals surface area contributed by atoms with Crippen LogP contribution in [-0.4, -0.2) is 31.6 Å². The quantitative estimate of drug-likeness (QED) is 0.852. The Balaban J connectivity index is 2.09. The van der Waals surface area contributed by atoms with Crippen molar-refractivity contribution in [3.05, 3.63) is 35.6 Å². The summed E-state index contributed by atoms with van der Waals surface area (Å²) in [6, 6.07) is 5.81. The van der Waals surface area contributed by atoms with E-state index >= 15 is 0 Å². The van der Waals surface area contributed by atoms with Crippen LogP contribution in [0.5, 0.6) is 11.5 Å². The Morgan fingerprint density at radius 3 is 2.79 bits per heavy atom. The van der Waals surface area contributed by atoms with Crippen LogP contribution in [0.3, 0.4) is 0 Å². The fourth-order valence-corrected chi connectivity index (χ4v) is 2.04. The summed E-state index contributed by atoms with van der Waals surface area (Å²) in [4.78, 5) is 0. The molecule has 19 heavy (non-hydrogen) atoms. The van der Waals surface area contributed by atoms with E-state index in [0.717, 1.165) is 35.6 Å². The van der Waals surface area contributed by atoms with Crippen molar-refractivity contribution >= 4 is 5.71 Å². The first-order valence-electron chi connectivity index (χ1n) is 6.13. The maximum atomic E-state index is 9.43. The van der Waals surface area contributed by atoms with Gasteiger partial charge in [-0.2, -0.15) is 5.10 Å². The van der Waals surface area contributed by atoms with Gasteiger partial charge < -0.3 is 20.0 Å². The second kappa shape index (κ2) is 6.13. The smallest absolute Gasteiger partial charge is 0.163 e. The summed E-state index contributed by atoms with van der Waals surface area (Å²) < 4.78 is 10.6. The molecule has 1 aliphatic rings. The van der Waals surface area contributed by atoms with Crippen LogP contribution in [0.25, 0.3) is 0 Å². The number of para-hydroxylation sites is 1. The van der Waals surface area contributed by atoms with Gasteiger partial charge >= 0.3 is 0 Å². The summed E-state index contributed by atoms with van der Waals surface area (Å²) in [6.07, 6.45) is 3.19. The zero-order valence-electron chi connectivity index (χ0n) is 11.1. The number of nitrogens with one attached hydrogen (secondary N) is 1. The normalized spacial score (nSPS) is 14.2. The molecule has 5 nitrogen and oxygen atoms in total. The molecular weight excluding hydrogens is 244 g/mol. The molecule has 0 unspecified atom stereocenters. The summed E-state index contributed by atoms with van der Waals surface area (Å²) >= 11 is 0. The molecule has 1 aromatic rings. The van der Waals surface area contributed by atoms with Gasteiger partial charge in [0.05, 0.1) is 26.5 Å². The highest BCUT2D eigenvalue weighted by Gasteiger charge is 2.11. The first-order chi connectivity index (χ1) is 9.24. The summed E-state index contributed by atoms with van der Waals surface area (Å²) in [5.41, 5.74) is 4.67. The molecule has 2 rings (SSSR count). The van der Waals surface area contributed by atoms with E-state index in [1.54, 1.807) is 20.3 Å². The lowest BCUT2D eigenvalue weighted by molar-refractivity contribution is 0.351. The van der Waals surface area contributed by atoms with Gasteiger partial charge in [0.15, 0.2) is 11.5 Å². The third kappa shape index (κ3) is 3.19. The van der Waals surface area contributed by atoms with E-state index < -0.39 is 0 Å². The van der Waals surface area contributed by atoms with E-state index in [0.29, 0.717) is 12.3 Å². The number of ether oxygens (including phenoxy) is 2. The second-order valence-corrected chi connectivity index (χ2v) is 4.23. The maximum absolute atomic E-state index is 9.43. The van der Waals surface area contributed by atoms with E-state index in [-0.39, 0.29) is 0 Å². The predicted molar refractivity (Wildman–Crippen MR) is 74.0 cm³/mol. The minimum absolute atomic E-state index is 0.308. The minimum atomic E-state index is 0.308. The number of hydrogen-bond donors (Lipinski definition) is 2. The first kappa shape index (κ1) is 13.3. The molecule has 0 saturated heterocycles. The van der Waals surface area contributed by atoms with Crippen LogP contribution >= 0.6 is 0 Å². The van der Waals surface area contributed by atoms with Gasteiger partial charge in [-0.05, 0) is 24.5 Å².